The van der Waals surface area contributed by atoms with Gasteiger partial charge in [0.25, 0.3) is 0 Å². The first-order valence-electron chi connectivity index (χ1n) is 5.66. The molecule has 0 bridgehead atoms. The van der Waals surface area contributed by atoms with Crippen LogP contribution in [0.3, 0.4) is 0 Å². The highest BCUT2D eigenvalue weighted by atomic mass is 16.5. The van der Waals surface area contributed by atoms with Crippen molar-refractivity contribution in [1.82, 2.24) is 9.97 Å². The molecule has 1 aromatic heterocycles. The second-order valence-electron chi connectivity index (χ2n) is 3.82. The van der Waals surface area contributed by atoms with Crippen LogP contribution in [0.15, 0.2) is 30.5 Å². The van der Waals surface area contributed by atoms with Crippen molar-refractivity contribution in [1.29, 1.82) is 0 Å². The van der Waals surface area contributed by atoms with Crippen molar-refractivity contribution >= 4 is 11.6 Å². The zero-order valence-electron chi connectivity index (χ0n) is 10.5. The molecule has 0 spiro atoms. The van der Waals surface area contributed by atoms with Gasteiger partial charge in [0, 0.05) is 6.20 Å². The van der Waals surface area contributed by atoms with Gasteiger partial charge in [-0.2, -0.15) is 0 Å². The Kier molecular flexibility index (Phi) is 3.72. The van der Waals surface area contributed by atoms with Gasteiger partial charge in [-0.3, -0.25) is 4.79 Å². The summed E-state index contributed by atoms with van der Waals surface area (Å²) in [4.78, 5) is 20.3. The Bertz CT molecular complexity index is 613. The number of carbonyl (C=O) groups excluding carboxylic acids is 1. The van der Waals surface area contributed by atoms with E-state index in [1.54, 1.807) is 24.3 Å². The number of ketones is 1. The number of carbonyl (C=O) groups is 1. The predicted octanol–water partition coefficient (Wildman–Crippen LogP) is 0.757. The molecule has 0 aliphatic carbocycles. The van der Waals surface area contributed by atoms with E-state index in [1.165, 1.54) is 13.3 Å². The molecule has 6 nitrogen and oxygen atoms in total. The van der Waals surface area contributed by atoms with Gasteiger partial charge in [-0.05, 0) is 12.1 Å². The Morgan fingerprint density at radius 3 is 2.68 bits per heavy atom. The summed E-state index contributed by atoms with van der Waals surface area (Å²) in [5, 5.41) is 0. The van der Waals surface area contributed by atoms with Crippen molar-refractivity contribution < 1.29 is 9.53 Å². The lowest BCUT2D eigenvalue weighted by Crippen LogP contribution is -2.12. The van der Waals surface area contributed by atoms with E-state index in [1.807, 2.05) is 0 Å². The van der Waals surface area contributed by atoms with Gasteiger partial charge in [0.15, 0.2) is 0 Å². The topological polar surface area (TPSA) is 104 Å². The molecular formula is C13H14N4O2. The monoisotopic (exact) mass is 258 g/mol. The summed E-state index contributed by atoms with van der Waals surface area (Å²) in [7, 11) is 1.50. The number of hydrogen-bond acceptors (Lipinski definition) is 6. The molecule has 1 heterocycles. The number of rotatable bonds is 4. The molecule has 0 saturated carbocycles. The van der Waals surface area contributed by atoms with Crippen molar-refractivity contribution in [2.75, 3.05) is 12.8 Å². The van der Waals surface area contributed by atoms with Crippen LogP contribution in [0.5, 0.6) is 5.75 Å². The van der Waals surface area contributed by atoms with Gasteiger partial charge in [0.2, 0.25) is 5.78 Å². The van der Waals surface area contributed by atoms with E-state index < -0.39 is 0 Å². The first kappa shape index (κ1) is 13.0. The Hall–Kier alpha value is -2.47. The quantitative estimate of drug-likeness (QED) is 0.784. The third-order valence-electron chi connectivity index (χ3n) is 2.65. The standard InChI is InChI=1S/C13H14N4O2/c1-19-10-5-3-2-4-8(10)12(18)9-7-16-11(6-14)17-13(9)15/h2-5,7H,6,14H2,1H3,(H2,15,16,17). The summed E-state index contributed by atoms with van der Waals surface area (Å²) >= 11 is 0. The van der Waals surface area contributed by atoms with E-state index in [0.717, 1.165) is 0 Å². The molecule has 4 N–H and O–H groups in total. The van der Waals surface area contributed by atoms with Crippen LogP contribution in [0.4, 0.5) is 5.82 Å². The summed E-state index contributed by atoms with van der Waals surface area (Å²) < 4.78 is 5.15. The Morgan fingerprint density at radius 1 is 1.32 bits per heavy atom. The number of benzene rings is 1. The molecule has 6 heteroatoms. The van der Waals surface area contributed by atoms with Crippen LogP contribution < -0.4 is 16.2 Å². The molecule has 2 aromatic rings. The highest BCUT2D eigenvalue weighted by Gasteiger charge is 2.17. The van der Waals surface area contributed by atoms with E-state index in [2.05, 4.69) is 9.97 Å². The summed E-state index contributed by atoms with van der Waals surface area (Å²) in [6, 6.07) is 6.91. The minimum Gasteiger partial charge on any atom is -0.496 e. The maximum atomic E-state index is 12.4. The van der Waals surface area contributed by atoms with Crippen LogP contribution in [0.1, 0.15) is 21.7 Å². The highest BCUT2D eigenvalue weighted by Crippen LogP contribution is 2.22. The van der Waals surface area contributed by atoms with Gasteiger partial charge in [0.1, 0.15) is 17.4 Å². The Balaban J connectivity index is 2.44. The maximum Gasteiger partial charge on any atom is 0.202 e. The van der Waals surface area contributed by atoms with Crippen molar-refractivity contribution in [3.63, 3.8) is 0 Å². The molecule has 0 fully saturated rings. The number of ether oxygens (including phenoxy) is 1. The van der Waals surface area contributed by atoms with E-state index in [4.69, 9.17) is 16.2 Å². The predicted molar refractivity (Wildman–Crippen MR) is 70.8 cm³/mol. The van der Waals surface area contributed by atoms with Crippen LogP contribution in [0.2, 0.25) is 0 Å². The normalized spacial score (nSPS) is 10.2. The number of para-hydroxylation sites is 1. The van der Waals surface area contributed by atoms with Crippen molar-refractivity contribution in [2.45, 2.75) is 6.54 Å². The van der Waals surface area contributed by atoms with E-state index in [9.17, 15) is 4.79 Å². The van der Waals surface area contributed by atoms with Gasteiger partial charge in [-0.25, -0.2) is 9.97 Å². The van der Waals surface area contributed by atoms with Crippen LogP contribution in [-0.4, -0.2) is 22.9 Å². The highest BCUT2D eigenvalue weighted by molar-refractivity contribution is 6.12. The van der Waals surface area contributed by atoms with E-state index in [0.29, 0.717) is 17.1 Å². The third-order valence-corrected chi connectivity index (χ3v) is 2.65. The molecule has 0 radical (unpaired) electrons. The molecule has 19 heavy (non-hydrogen) atoms. The first-order valence-corrected chi connectivity index (χ1v) is 5.66. The third kappa shape index (κ3) is 2.53. The van der Waals surface area contributed by atoms with Crippen molar-refractivity contribution in [3.8, 4) is 5.75 Å². The second-order valence-corrected chi connectivity index (χ2v) is 3.82. The molecule has 98 valence electrons. The van der Waals surface area contributed by atoms with Crippen molar-refractivity contribution in [3.05, 3.63) is 47.4 Å². The number of nitrogens with zero attached hydrogens (tertiary/aromatic N) is 2. The Morgan fingerprint density at radius 2 is 2.05 bits per heavy atom. The van der Waals surface area contributed by atoms with Gasteiger partial charge in [0.05, 0.1) is 24.8 Å². The zero-order valence-corrected chi connectivity index (χ0v) is 10.5. The van der Waals surface area contributed by atoms with Gasteiger partial charge < -0.3 is 16.2 Å². The lowest BCUT2D eigenvalue weighted by molar-refractivity contribution is 0.103. The lowest BCUT2D eigenvalue weighted by Gasteiger charge is -2.08. The largest absolute Gasteiger partial charge is 0.496 e. The average Bonchev–Trinajstić information content (AvgIpc) is 2.46. The smallest absolute Gasteiger partial charge is 0.202 e. The second kappa shape index (κ2) is 5.45. The summed E-state index contributed by atoms with van der Waals surface area (Å²) in [6.07, 6.45) is 1.39. The SMILES string of the molecule is COc1ccccc1C(=O)c1cnc(CN)nc1N. The summed E-state index contributed by atoms with van der Waals surface area (Å²) in [5.74, 6) is 0.716. The molecular weight excluding hydrogens is 244 g/mol. The van der Waals surface area contributed by atoms with Gasteiger partial charge in [-0.1, -0.05) is 12.1 Å². The maximum absolute atomic E-state index is 12.4. The van der Waals surface area contributed by atoms with Gasteiger partial charge in [-0.15, -0.1) is 0 Å². The first-order chi connectivity index (χ1) is 9.17. The molecule has 0 saturated heterocycles. The van der Waals surface area contributed by atoms with Crippen LogP contribution >= 0.6 is 0 Å². The van der Waals surface area contributed by atoms with Crippen LogP contribution in [-0.2, 0) is 6.54 Å². The lowest BCUT2D eigenvalue weighted by atomic mass is 10.0. The molecule has 0 aliphatic heterocycles. The zero-order chi connectivity index (χ0) is 13.8. The fraction of sp³-hybridized carbons (Fsp3) is 0.154. The Labute approximate surface area is 110 Å². The van der Waals surface area contributed by atoms with Gasteiger partial charge >= 0.3 is 0 Å². The summed E-state index contributed by atoms with van der Waals surface area (Å²) in [6.45, 7) is 0.174. The number of methoxy groups -OCH3 is 1. The number of hydrogen-bond donors (Lipinski definition) is 2. The van der Waals surface area contributed by atoms with Crippen molar-refractivity contribution in [2.24, 2.45) is 5.73 Å². The van der Waals surface area contributed by atoms with E-state index >= 15 is 0 Å². The molecule has 0 unspecified atom stereocenters. The molecule has 2 rings (SSSR count). The molecule has 0 atom stereocenters. The number of aromatic nitrogens is 2. The van der Waals surface area contributed by atoms with Crippen LogP contribution in [0, 0.1) is 0 Å². The number of nitrogens with two attached hydrogens (primary N) is 2. The molecule has 0 aliphatic rings. The van der Waals surface area contributed by atoms with E-state index in [-0.39, 0.29) is 23.7 Å². The average molecular weight is 258 g/mol. The fourth-order valence-corrected chi connectivity index (χ4v) is 1.68. The minimum absolute atomic E-state index is 0.117. The van der Waals surface area contributed by atoms with Crippen LogP contribution in [0.25, 0.3) is 0 Å². The summed E-state index contributed by atoms with van der Waals surface area (Å²) in [5.41, 5.74) is 11.8. The molecule has 1 aromatic carbocycles. The number of anilines is 1. The fourth-order valence-electron chi connectivity index (χ4n) is 1.68. The molecule has 0 amide bonds. The number of nitrogen functional groups attached to an aromatic ring is 1. The minimum atomic E-state index is -0.279.